The summed E-state index contributed by atoms with van der Waals surface area (Å²) in [5.74, 6) is 0.944. The molecule has 0 aliphatic carbocycles. The minimum atomic E-state index is 0.0647. The summed E-state index contributed by atoms with van der Waals surface area (Å²) in [6.45, 7) is 2.07. The van der Waals surface area contributed by atoms with Gasteiger partial charge in [-0.1, -0.05) is 46.3 Å². The van der Waals surface area contributed by atoms with Gasteiger partial charge in [0.05, 0.1) is 6.04 Å². The SMILES string of the molecule is CNC(c1ccc(Br)cc1)c1cc2cccc(C)c2o1. The van der Waals surface area contributed by atoms with Crippen LogP contribution in [0.25, 0.3) is 11.0 Å². The molecule has 20 heavy (non-hydrogen) atoms. The number of aryl methyl sites for hydroxylation is 1. The van der Waals surface area contributed by atoms with E-state index in [1.807, 2.05) is 19.2 Å². The van der Waals surface area contributed by atoms with Crippen molar-refractivity contribution in [3.63, 3.8) is 0 Å². The van der Waals surface area contributed by atoms with Gasteiger partial charge in [0.2, 0.25) is 0 Å². The highest BCUT2D eigenvalue weighted by Gasteiger charge is 2.17. The number of benzene rings is 2. The predicted molar refractivity (Wildman–Crippen MR) is 86.0 cm³/mol. The summed E-state index contributed by atoms with van der Waals surface area (Å²) in [6.07, 6.45) is 0. The molecule has 1 N–H and O–H groups in total. The lowest BCUT2D eigenvalue weighted by molar-refractivity contribution is 0.490. The lowest BCUT2D eigenvalue weighted by atomic mass is 10.0. The molecule has 0 spiro atoms. The van der Waals surface area contributed by atoms with Crippen molar-refractivity contribution in [1.29, 1.82) is 0 Å². The van der Waals surface area contributed by atoms with Crippen molar-refractivity contribution in [2.45, 2.75) is 13.0 Å². The van der Waals surface area contributed by atoms with Crippen LogP contribution in [0.2, 0.25) is 0 Å². The largest absolute Gasteiger partial charge is 0.459 e. The number of hydrogen-bond donors (Lipinski definition) is 1. The molecule has 0 fully saturated rings. The van der Waals surface area contributed by atoms with Gasteiger partial charge in [-0.25, -0.2) is 0 Å². The molecule has 3 heteroatoms. The fourth-order valence-electron chi connectivity index (χ4n) is 2.50. The van der Waals surface area contributed by atoms with Crippen LogP contribution in [0.5, 0.6) is 0 Å². The van der Waals surface area contributed by atoms with Crippen molar-refractivity contribution in [1.82, 2.24) is 5.32 Å². The fourth-order valence-corrected chi connectivity index (χ4v) is 2.76. The standard InChI is InChI=1S/C17H16BrNO/c1-11-4-3-5-13-10-15(20-17(11)13)16(19-2)12-6-8-14(18)9-7-12/h3-10,16,19H,1-2H3. The molecule has 1 aromatic heterocycles. The molecule has 3 rings (SSSR count). The van der Waals surface area contributed by atoms with Crippen LogP contribution in [-0.4, -0.2) is 7.05 Å². The van der Waals surface area contributed by atoms with Gasteiger partial charge in [0.25, 0.3) is 0 Å². The smallest absolute Gasteiger partial charge is 0.137 e. The Morgan fingerprint density at radius 3 is 2.50 bits per heavy atom. The first-order valence-electron chi connectivity index (χ1n) is 6.61. The molecule has 1 atom stereocenters. The summed E-state index contributed by atoms with van der Waals surface area (Å²) in [6, 6.07) is 16.7. The number of hydrogen-bond acceptors (Lipinski definition) is 2. The van der Waals surface area contributed by atoms with Crippen molar-refractivity contribution >= 4 is 26.9 Å². The van der Waals surface area contributed by atoms with E-state index in [1.165, 1.54) is 11.1 Å². The predicted octanol–water partition coefficient (Wildman–Crippen LogP) is 4.81. The number of furan rings is 1. The Kier molecular flexibility index (Phi) is 3.64. The van der Waals surface area contributed by atoms with Gasteiger partial charge in [-0.15, -0.1) is 0 Å². The van der Waals surface area contributed by atoms with Gasteiger partial charge < -0.3 is 9.73 Å². The zero-order valence-electron chi connectivity index (χ0n) is 11.5. The Balaban J connectivity index is 2.07. The van der Waals surface area contributed by atoms with Crippen LogP contribution in [0.15, 0.2) is 57.4 Å². The molecule has 0 amide bonds. The molecule has 2 aromatic carbocycles. The maximum atomic E-state index is 6.06. The van der Waals surface area contributed by atoms with Crippen molar-refractivity contribution in [2.75, 3.05) is 7.05 Å². The van der Waals surface area contributed by atoms with Crippen LogP contribution in [0.3, 0.4) is 0 Å². The molecule has 102 valence electrons. The molecule has 0 saturated heterocycles. The molecule has 3 aromatic rings. The van der Waals surface area contributed by atoms with Crippen LogP contribution in [-0.2, 0) is 0 Å². The average Bonchev–Trinajstić information content (AvgIpc) is 2.87. The molecular formula is C17H16BrNO. The van der Waals surface area contributed by atoms with E-state index in [2.05, 4.69) is 64.6 Å². The quantitative estimate of drug-likeness (QED) is 0.745. The van der Waals surface area contributed by atoms with Crippen LogP contribution < -0.4 is 5.32 Å². The van der Waals surface area contributed by atoms with Crippen molar-refractivity contribution in [2.24, 2.45) is 0 Å². The summed E-state index contributed by atoms with van der Waals surface area (Å²) in [7, 11) is 1.95. The van der Waals surface area contributed by atoms with Crippen LogP contribution >= 0.6 is 15.9 Å². The normalized spacial score (nSPS) is 12.8. The van der Waals surface area contributed by atoms with Crippen LogP contribution in [0.1, 0.15) is 22.9 Å². The van der Waals surface area contributed by atoms with Gasteiger partial charge in [0, 0.05) is 9.86 Å². The van der Waals surface area contributed by atoms with Crippen LogP contribution in [0, 0.1) is 6.92 Å². The summed E-state index contributed by atoms with van der Waals surface area (Å²) in [5.41, 5.74) is 3.33. The maximum absolute atomic E-state index is 6.06. The van der Waals surface area contributed by atoms with E-state index in [1.54, 1.807) is 0 Å². The lowest BCUT2D eigenvalue weighted by Crippen LogP contribution is -2.16. The Morgan fingerprint density at radius 1 is 1.10 bits per heavy atom. The molecule has 0 aliphatic heterocycles. The second kappa shape index (κ2) is 5.43. The van der Waals surface area contributed by atoms with Gasteiger partial charge in [-0.3, -0.25) is 0 Å². The summed E-state index contributed by atoms with van der Waals surface area (Å²) < 4.78 is 7.14. The molecule has 1 heterocycles. The fraction of sp³-hybridized carbons (Fsp3) is 0.176. The zero-order chi connectivity index (χ0) is 14.1. The minimum Gasteiger partial charge on any atom is -0.459 e. The molecule has 0 bridgehead atoms. The Hall–Kier alpha value is -1.58. The monoisotopic (exact) mass is 329 g/mol. The summed E-state index contributed by atoms with van der Waals surface area (Å²) in [5, 5.41) is 4.48. The first-order valence-corrected chi connectivity index (χ1v) is 7.40. The molecule has 1 unspecified atom stereocenters. The molecule has 0 radical (unpaired) electrons. The Bertz CT molecular complexity index is 730. The molecular weight excluding hydrogens is 314 g/mol. The van der Waals surface area contributed by atoms with E-state index in [0.29, 0.717) is 0 Å². The van der Waals surface area contributed by atoms with E-state index < -0.39 is 0 Å². The lowest BCUT2D eigenvalue weighted by Gasteiger charge is -2.14. The third-order valence-corrected chi connectivity index (χ3v) is 4.07. The van der Waals surface area contributed by atoms with E-state index in [0.717, 1.165) is 21.2 Å². The average molecular weight is 330 g/mol. The molecule has 2 nitrogen and oxygen atoms in total. The van der Waals surface area contributed by atoms with Gasteiger partial charge >= 0.3 is 0 Å². The number of halogens is 1. The first-order chi connectivity index (χ1) is 9.69. The van der Waals surface area contributed by atoms with Gasteiger partial charge in [0.15, 0.2) is 0 Å². The van der Waals surface area contributed by atoms with E-state index in [-0.39, 0.29) is 6.04 Å². The van der Waals surface area contributed by atoms with Crippen LogP contribution in [0.4, 0.5) is 0 Å². The highest BCUT2D eigenvalue weighted by Crippen LogP contribution is 2.30. The highest BCUT2D eigenvalue weighted by atomic mass is 79.9. The highest BCUT2D eigenvalue weighted by molar-refractivity contribution is 9.10. The van der Waals surface area contributed by atoms with Gasteiger partial charge in [-0.05, 0) is 43.3 Å². The van der Waals surface area contributed by atoms with Crippen molar-refractivity contribution in [3.05, 3.63) is 69.9 Å². The van der Waals surface area contributed by atoms with Crippen molar-refractivity contribution < 1.29 is 4.42 Å². The number of nitrogens with one attached hydrogen (secondary N) is 1. The Labute approximate surface area is 126 Å². The summed E-state index contributed by atoms with van der Waals surface area (Å²) in [4.78, 5) is 0. The first kappa shape index (κ1) is 13.4. The summed E-state index contributed by atoms with van der Waals surface area (Å²) >= 11 is 3.47. The third-order valence-electron chi connectivity index (χ3n) is 3.54. The van der Waals surface area contributed by atoms with Gasteiger partial charge in [-0.2, -0.15) is 0 Å². The number of fused-ring (bicyclic) bond motifs is 1. The van der Waals surface area contributed by atoms with E-state index in [9.17, 15) is 0 Å². The van der Waals surface area contributed by atoms with Gasteiger partial charge in [0.1, 0.15) is 11.3 Å². The maximum Gasteiger partial charge on any atom is 0.137 e. The van der Waals surface area contributed by atoms with Crippen molar-refractivity contribution in [3.8, 4) is 0 Å². The molecule has 0 saturated carbocycles. The Morgan fingerprint density at radius 2 is 1.85 bits per heavy atom. The molecule has 0 aliphatic rings. The third kappa shape index (κ3) is 2.39. The topological polar surface area (TPSA) is 25.2 Å². The second-order valence-electron chi connectivity index (χ2n) is 4.92. The van der Waals surface area contributed by atoms with E-state index in [4.69, 9.17) is 4.42 Å². The number of para-hydroxylation sites is 1. The second-order valence-corrected chi connectivity index (χ2v) is 5.83. The van der Waals surface area contributed by atoms with E-state index >= 15 is 0 Å². The minimum absolute atomic E-state index is 0.0647. The number of rotatable bonds is 3. The zero-order valence-corrected chi connectivity index (χ0v) is 13.1.